The van der Waals surface area contributed by atoms with E-state index in [1.54, 1.807) is 12.3 Å². The number of phenolic OH excluding ortho intramolecular Hbond substituents is 2. The van der Waals surface area contributed by atoms with Gasteiger partial charge in [-0.05, 0) is 30.3 Å². The first kappa shape index (κ1) is 12.2. The first-order chi connectivity index (χ1) is 8.66. The first-order valence-electron chi connectivity index (χ1n) is 5.45. The van der Waals surface area contributed by atoms with Crippen molar-refractivity contribution in [1.29, 1.82) is 0 Å². The number of nitrogens with one attached hydrogen (secondary N) is 1. The Hall–Kier alpha value is -2.27. The molecule has 0 aliphatic carbocycles. The predicted molar refractivity (Wildman–Crippen MR) is 64.5 cm³/mol. The second kappa shape index (κ2) is 5.37. The zero-order chi connectivity index (χ0) is 13.0. The molecule has 5 heteroatoms. The van der Waals surface area contributed by atoms with Crippen LogP contribution in [0, 0.1) is 0 Å². The number of hydrogen-bond acceptors (Lipinski definition) is 5. The van der Waals surface area contributed by atoms with Crippen LogP contribution in [0.15, 0.2) is 41.0 Å². The molecular formula is C13H13NO4. The minimum absolute atomic E-state index is 0.130. The molecule has 0 saturated carbocycles. The molecule has 0 amide bonds. The molecule has 1 heterocycles. The number of Topliss-reactive ketones (excluding diaryl/α,β-unsaturated/α-hetero) is 1. The van der Waals surface area contributed by atoms with Crippen molar-refractivity contribution in [3.8, 4) is 11.5 Å². The maximum absolute atomic E-state index is 11.8. The fraction of sp³-hybridized carbons (Fsp3) is 0.154. The normalized spacial score (nSPS) is 10.4. The van der Waals surface area contributed by atoms with E-state index in [2.05, 4.69) is 5.32 Å². The zero-order valence-electron chi connectivity index (χ0n) is 9.59. The van der Waals surface area contributed by atoms with Crippen LogP contribution in [0.1, 0.15) is 16.1 Å². The van der Waals surface area contributed by atoms with Gasteiger partial charge in [0.25, 0.3) is 0 Å². The highest BCUT2D eigenvalue weighted by Crippen LogP contribution is 2.24. The van der Waals surface area contributed by atoms with E-state index in [0.29, 0.717) is 12.1 Å². The number of carbonyl (C=O) groups excluding carboxylic acids is 1. The quantitative estimate of drug-likeness (QED) is 0.553. The van der Waals surface area contributed by atoms with Crippen LogP contribution in [-0.2, 0) is 6.54 Å². The van der Waals surface area contributed by atoms with Crippen LogP contribution in [0.5, 0.6) is 11.5 Å². The maximum atomic E-state index is 11.8. The van der Waals surface area contributed by atoms with Gasteiger partial charge in [0.1, 0.15) is 5.76 Å². The summed E-state index contributed by atoms with van der Waals surface area (Å²) >= 11 is 0. The van der Waals surface area contributed by atoms with Gasteiger partial charge in [-0.25, -0.2) is 0 Å². The van der Waals surface area contributed by atoms with Gasteiger partial charge in [0, 0.05) is 5.56 Å². The summed E-state index contributed by atoms with van der Waals surface area (Å²) in [6.07, 6.45) is 1.57. The lowest BCUT2D eigenvalue weighted by Gasteiger charge is -2.04. The van der Waals surface area contributed by atoms with Crippen molar-refractivity contribution >= 4 is 5.78 Å². The number of hydrogen-bond donors (Lipinski definition) is 3. The summed E-state index contributed by atoms with van der Waals surface area (Å²) in [5, 5.41) is 21.4. The summed E-state index contributed by atoms with van der Waals surface area (Å²) < 4.78 is 5.11. The van der Waals surface area contributed by atoms with Gasteiger partial charge >= 0.3 is 0 Å². The van der Waals surface area contributed by atoms with Crippen molar-refractivity contribution in [1.82, 2.24) is 5.32 Å². The Morgan fingerprint density at radius 3 is 2.72 bits per heavy atom. The molecule has 0 radical (unpaired) electrons. The summed E-state index contributed by atoms with van der Waals surface area (Å²) in [5.41, 5.74) is 0.345. The Kier molecular flexibility index (Phi) is 3.64. The summed E-state index contributed by atoms with van der Waals surface area (Å²) in [6, 6.07) is 7.58. The number of phenols is 2. The molecule has 0 fully saturated rings. The fourth-order valence-corrected chi connectivity index (χ4v) is 1.51. The number of rotatable bonds is 5. The molecule has 2 aromatic rings. The molecule has 1 aromatic carbocycles. The van der Waals surface area contributed by atoms with Crippen LogP contribution in [0.4, 0.5) is 0 Å². The third kappa shape index (κ3) is 2.89. The van der Waals surface area contributed by atoms with Crippen molar-refractivity contribution < 1.29 is 19.4 Å². The number of furan rings is 1. The van der Waals surface area contributed by atoms with Crippen molar-refractivity contribution in [2.45, 2.75) is 6.54 Å². The number of ketones is 1. The van der Waals surface area contributed by atoms with Gasteiger partial charge in [-0.1, -0.05) is 0 Å². The van der Waals surface area contributed by atoms with Gasteiger partial charge in [0.05, 0.1) is 19.4 Å². The highest BCUT2D eigenvalue weighted by Gasteiger charge is 2.08. The average molecular weight is 247 g/mol. The molecule has 1 aromatic heterocycles. The highest BCUT2D eigenvalue weighted by atomic mass is 16.3. The minimum atomic E-state index is -0.299. The van der Waals surface area contributed by atoms with E-state index >= 15 is 0 Å². The van der Waals surface area contributed by atoms with Gasteiger partial charge in [0.2, 0.25) is 0 Å². The molecule has 0 unspecified atom stereocenters. The van der Waals surface area contributed by atoms with Crippen molar-refractivity contribution in [3.63, 3.8) is 0 Å². The highest BCUT2D eigenvalue weighted by molar-refractivity contribution is 5.98. The third-order valence-electron chi connectivity index (χ3n) is 2.46. The van der Waals surface area contributed by atoms with Crippen LogP contribution in [-0.4, -0.2) is 22.5 Å². The third-order valence-corrected chi connectivity index (χ3v) is 2.46. The Bertz CT molecular complexity index is 534. The Morgan fingerprint density at radius 2 is 2.06 bits per heavy atom. The van der Waals surface area contributed by atoms with Gasteiger partial charge in [-0.3, -0.25) is 4.79 Å². The number of aromatic hydroxyl groups is 2. The van der Waals surface area contributed by atoms with E-state index in [9.17, 15) is 9.90 Å². The molecule has 0 saturated heterocycles. The molecule has 0 atom stereocenters. The summed E-state index contributed by atoms with van der Waals surface area (Å²) in [4.78, 5) is 11.8. The van der Waals surface area contributed by atoms with Crippen LogP contribution >= 0.6 is 0 Å². The SMILES string of the molecule is O=C(CNCc1ccco1)c1ccc(O)c(O)c1. The van der Waals surface area contributed by atoms with Crippen LogP contribution in [0.25, 0.3) is 0 Å². The van der Waals surface area contributed by atoms with Gasteiger partial charge < -0.3 is 19.9 Å². The monoisotopic (exact) mass is 247 g/mol. The molecular weight excluding hydrogens is 234 g/mol. The molecule has 0 bridgehead atoms. The van der Waals surface area contributed by atoms with E-state index in [1.165, 1.54) is 18.2 Å². The van der Waals surface area contributed by atoms with Crippen LogP contribution < -0.4 is 5.32 Å². The van der Waals surface area contributed by atoms with E-state index in [0.717, 1.165) is 5.76 Å². The minimum Gasteiger partial charge on any atom is -0.504 e. The average Bonchev–Trinajstić information content (AvgIpc) is 2.85. The number of benzene rings is 1. The van der Waals surface area contributed by atoms with Gasteiger partial charge in [0.15, 0.2) is 17.3 Å². The maximum Gasteiger partial charge on any atom is 0.176 e. The molecule has 0 aliphatic rings. The van der Waals surface area contributed by atoms with Gasteiger partial charge in [-0.15, -0.1) is 0 Å². The second-order valence-electron chi connectivity index (χ2n) is 3.81. The zero-order valence-corrected chi connectivity index (χ0v) is 9.59. The molecule has 5 nitrogen and oxygen atoms in total. The number of carbonyl (C=O) groups is 1. The Balaban J connectivity index is 1.89. The largest absolute Gasteiger partial charge is 0.504 e. The summed E-state index contributed by atoms with van der Waals surface area (Å²) in [6.45, 7) is 0.591. The summed E-state index contributed by atoms with van der Waals surface area (Å²) in [7, 11) is 0. The lowest BCUT2D eigenvalue weighted by molar-refractivity contribution is 0.0990. The van der Waals surface area contributed by atoms with Crippen molar-refractivity contribution in [3.05, 3.63) is 47.9 Å². The smallest absolute Gasteiger partial charge is 0.176 e. The fourth-order valence-electron chi connectivity index (χ4n) is 1.51. The van der Waals surface area contributed by atoms with Crippen LogP contribution in [0.3, 0.4) is 0 Å². The topological polar surface area (TPSA) is 82.7 Å². The lowest BCUT2D eigenvalue weighted by atomic mass is 10.1. The first-order valence-corrected chi connectivity index (χ1v) is 5.45. The second-order valence-corrected chi connectivity index (χ2v) is 3.81. The van der Waals surface area contributed by atoms with E-state index in [4.69, 9.17) is 9.52 Å². The molecule has 2 rings (SSSR count). The Morgan fingerprint density at radius 1 is 1.22 bits per heavy atom. The Labute approximate surface area is 104 Å². The van der Waals surface area contributed by atoms with Crippen molar-refractivity contribution in [2.24, 2.45) is 0 Å². The standard InChI is InChI=1S/C13H13NO4/c15-11-4-3-9(6-12(11)16)13(17)8-14-7-10-2-1-5-18-10/h1-6,14-16H,7-8H2. The summed E-state index contributed by atoms with van der Waals surface area (Å²) in [5.74, 6) is 0.0372. The molecule has 18 heavy (non-hydrogen) atoms. The van der Waals surface area contributed by atoms with Crippen LogP contribution in [0.2, 0.25) is 0 Å². The molecule has 0 aliphatic heterocycles. The van der Waals surface area contributed by atoms with Gasteiger partial charge in [-0.2, -0.15) is 0 Å². The van der Waals surface area contributed by atoms with E-state index in [1.807, 2.05) is 6.07 Å². The predicted octanol–water partition coefficient (Wildman–Crippen LogP) is 1.66. The lowest BCUT2D eigenvalue weighted by Crippen LogP contribution is -2.22. The molecule has 94 valence electrons. The van der Waals surface area contributed by atoms with E-state index in [-0.39, 0.29) is 23.8 Å². The van der Waals surface area contributed by atoms with E-state index < -0.39 is 0 Å². The molecule has 3 N–H and O–H groups in total. The molecule has 0 spiro atoms. The van der Waals surface area contributed by atoms with Crippen molar-refractivity contribution in [2.75, 3.05) is 6.54 Å².